The maximum absolute atomic E-state index is 15.7. The van der Waals surface area contributed by atoms with Gasteiger partial charge in [-0.05, 0) is 142 Å². The Morgan fingerprint density at radius 2 is 1.11 bits per heavy atom. The first-order valence-electron chi connectivity index (χ1n) is 45.1. The number of phenolic OH excluding ortho intramolecular Hbond substituents is 1. The molecule has 22 N–H and O–H groups in total. The van der Waals surface area contributed by atoms with Crippen molar-refractivity contribution >= 4 is 150 Å². The zero-order chi connectivity index (χ0) is 97.1. The van der Waals surface area contributed by atoms with Crippen LogP contribution in [0.1, 0.15) is 140 Å². The molecule has 14 atom stereocenters. The fourth-order valence-corrected chi connectivity index (χ4v) is 18.9. The third-order valence-electron chi connectivity index (χ3n) is 24.4. The molecule has 724 valence electrons. The molecule has 3 aromatic carbocycles. The van der Waals surface area contributed by atoms with Gasteiger partial charge < -0.3 is 120 Å². The SMILES string of the molecule is CCCC[C@H]1C(=O)N2CCC[C@@H]2C(=O)N[C@@H](CCCNC(=N)N)C(=O)NC(C(=O)NCC(N)=O)CSCC(=O)N[C@@H](CCc2ccc(O)cc2)C(=O)N(C)[C@@H](C)C(=O)N[C@@H](CC(N)=O)C(=O)N2CCC[C@H]2C(=O)N[C@@H](Cc2cnc[nH]2)C(=O)N[C@@H](CC(C)C)C(=O)N2CCC[C@H]2C(=O)N[C@@H](Cc2c[nH]c3ccccc23)C(=O)N[C@@H](CO)C(=O)N[C@@H](Cc2csc3ccccc23)C(=O)N1C. The number of aliphatic hydroxyl groups excluding tert-OH is 1. The fourth-order valence-electron chi connectivity index (χ4n) is 17.0. The number of fused-ring (bicyclic) bond motifs is 5. The van der Waals surface area contributed by atoms with Crippen molar-refractivity contribution in [2.24, 2.45) is 23.1 Å². The highest BCUT2D eigenvalue weighted by atomic mass is 32.2. The summed E-state index contributed by atoms with van der Waals surface area (Å²) in [5.41, 5.74) is 19.6. The summed E-state index contributed by atoms with van der Waals surface area (Å²) >= 11 is 2.15. The van der Waals surface area contributed by atoms with Gasteiger partial charge >= 0.3 is 0 Å². The third-order valence-corrected chi connectivity index (χ3v) is 26.4. The summed E-state index contributed by atoms with van der Waals surface area (Å²) in [5.74, 6) is -16.8. The molecule has 6 aromatic rings. The number of likely N-dealkylation sites (N-methyl/N-ethyl adjacent to an activating group) is 2. The average Bonchev–Trinajstić information content (AvgIpc) is 1.60. The molecule has 0 saturated carbocycles. The molecule has 10 rings (SSSR count). The first kappa shape index (κ1) is 103. The molecule has 44 heteroatoms. The summed E-state index contributed by atoms with van der Waals surface area (Å²) in [6.07, 6.45) is 4.54. The van der Waals surface area contributed by atoms with E-state index in [1.54, 1.807) is 62.5 Å². The van der Waals surface area contributed by atoms with Gasteiger partial charge in [-0.15, -0.1) is 23.1 Å². The Bertz CT molecular complexity index is 5230. The second-order valence-electron chi connectivity index (χ2n) is 34.6. The number of rotatable bonds is 24. The molecule has 4 aliphatic rings. The number of primary amides is 2. The fraction of sp³-hybridized carbons (Fsp3) is 0.522. The summed E-state index contributed by atoms with van der Waals surface area (Å²) in [4.78, 5) is 266. The molecule has 3 aromatic heterocycles. The standard InChI is InChI=1S/C90H123N23O19S2/c1-7-8-21-71-89(132)113-35-16-24-70(113)82(125)101-59(20-13-32-96-90(93)94)78(121)108-67(77(120)98-43-74(92)117)46-133-47-75(118)100-60(31-28-51-26-29-55(115)30-27-51)85(128)109(5)50(4)76(119)104-65(40-73(91)116)88(131)112-34-15-23-69(112)84(127)103-62(39-54-42-95-48-99-54)80(123)105-63(36-49(2)3)87(130)111-33-14-22-68(111)83(126)102-61(37-52-41-97-58-19-11-9-17-56(52)58)79(122)107-66(44-114)81(124)106-64(86(129)110(71)6)38-53-45-134-72-25-12-10-18-57(53)72/h9-12,17-19,25-27,29-30,41-42,45,48-50,59-71,97,114-115H,7-8,13-16,20-24,28,31-40,43-44,46-47H2,1-6H3,(H2,91,116)(H2,92,117)(H,95,99)(H,98,120)(H,100,118)(H,101,125)(H,102,126)(H,103,127)(H,104,119)(H,105,123)(H,106,124)(H,107,122)(H,108,121)(H4,93,94,96)/t50-,59-,60-,61-,62-,63-,64-,65-,66-,67?,68-,69-,70+,71-/m0/s1. The van der Waals surface area contributed by atoms with Crippen LogP contribution < -0.4 is 75.7 Å². The van der Waals surface area contributed by atoms with Crippen LogP contribution in [0.2, 0.25) is 0 Å². The van der Waals surface area contributed by atoms with Crippen molar-refractivity contribution in [3.05, 3.63) is 119 Å². The van der Waals surface area contributed by atoms with Crippen LogP contribution in [0.4, 0.5) is 0 Å². The van der Waals surface area contributed by atoms with Crippen molar-refractivity contribution in [2.75, 3.05) is 64.9 Å². The molecule has 4 saturated heterocycles. The minimum atomic E-state index is -1.83. The smallest absolute Gasteiger partial charge is 0.246 e. The summed E-state index contributed by atoms with van der Waals surface area (Å²) in [5, 5.41) is 61.8. The van der Waals surface area contributed by atoms with Crippen molar-refractivity contribution < 1.29 is 91.7 Å². The van der Waals surface area contributed by atoms with E-state index < -0.39 is 222 Å². The maximum atomic E-state index is 15.7. The number of guanidine groups is 1. The molecular formula is C90H123N23O19S2. The highest BCUT2D eigenvalue weighted by Gasteiger charge is 2.47. The number of aliphatic hydroxyl groups is 1. The van der Waals surface area contributed by atoms with E-state index in [0.717, 1.165) is 31.6 Å². The van der Waals surface area contributed by atoms with Crippen LogP contribution >= 0.6 is 23.1 Å². The number of hydrogen-bond donors (Lipinski definition) is 19. The van der Waals surface area contributed by atoms with Gasteiger partial charge in [0.2, 0.25) is 100 Å². The molecule has 42 nitrogen and oxygen atoms in total. The van der Waals surface area contributed by atoms with E-state index in [1.165, 1.54) is 71.7 Å². The van der Waals surface area contributed by atoms with E-state index in [2.05, 4.69) is 73.4 Å². The van der Waals surface area contributed by atoms with Gasteiger partial charge in [0.1, 0.15) is 90.3 Å². The van der Waals surface area contributed by atoms with E-state index in [-0.39, 0.29) is 134 Å². The number of aromatic nitrogens is 3. The number of carbonyl (C=O) groups is 17. The number of thioether (sulfide) groups is 1. The summed E-state index contributed by atoms with van der Waals surface area (Å²) < 4.78 is 0.831. The number of thiophene rings is 1. The van der Waals surface area contributed by atoms with Gasteiger partial charge in [-0.2, -0.15) is 0 Å². The van der Waals surface area contributed by atoms with Crippen molar-refractivity contribution in [3.63, 3.8) is 0 Å². The lowest BCUT2D eigenvalue weighted by Gasteiger charge is -2.35. The molecule has 4 fully saturated rings. The highest BCUT2D eigenvalue weighted by molar-refractivity contribution is 8.00. The van der Waals surface area contributed by atoms with E-state index in [0.29, 0.717) is 46.1 Å². The van der Waals surface area contributed by atoms with Crippen LogP contribution in [0.25, 0.3) is 21.0 Å². The lowest BCUT2D eigenvalue weighted by molar-refractivity contribution is -0.149. The van der Waals surface area contributed by atoms with Gasteiger partial charge in [0.25, 0.3) is 0 Å². The first-order chi connectivity index (χ1) is 64.0. The molecule has 4 aliphatic heterocycles. The Morgan fingerprint density at radius 1 is 0.560 bits per heavy atom. The molecule has 17 amide bonds. The number of carbonyl (C=O) groups excluding carboxylic acids is 17. The lowest BCUT2D eigenvalue weighted by atomic mass is 10.0. The van der Waals surface area contributed by atoms with E-state index >= 15 is 38.4 Å². The Kier molecular flexibility index (Phi) is 37.6. The van der Waals surface area contributed by atoms with Gasteiger partial charge in [-0.25, -0.2) is 4.98 Å². The Labute approximate surface area is 782 Å². The normalized spacial score (nSPS) is 24.7. The van der Waals surface area contributed by atoms with E-state index in [1.807, 2.05) is 30.5 Å². The molecule has 0 aliphatic carbocycles. The number of aromatic hydroxyl groups is 1. The molecule has 0 bridgehead atoms. The zero-order valence-electron chi connectivity index (χ0n) is 75.8. The number of hydrogen-bond acceptors (Lipinski definition) is 23. The number of nitrogens with zero attached hydrogens (tertiary/aromatic N) is 6. The van der Waals surface area contributed by atoms with Gasteiger partial charge in [-0.3, -0.25) is 86.9 Å². The number of nitrogens with one attached hydrogen (secondary N) is 14. The van der Waals surface area contributed by atoms with Crippen LogP contribution in [0.3, 0.4) is 0 Å². The molecule has 0 spiro atoms. The largest absolute Gasteiger partial charge is 0.508 e. The number of H-pyrrole nitrogens is 2. The molecular weight excluding hydrogens is 1770 g/mol. The minimum absolute atomic E-state index is 0.000445. The first-order valence-corrected chi connectivity index (χ1v) is 47.1. The maximum Gasteiger partial charge on any atom is 0.246 e. The van der Waals surface area contributed by atoms with Gasteiger partial charge in [0.15, 0.2) is 5.96 Å². The van der Waals surface area contributed by atoms with Gasteiger partial charge in [0.05, 0.1) is 31.7 Å². The number of aromatic amines is 2. The number of aryl methyl sites for hydroxylation is 1. The minimum Gasteiger partial charge on any atom is -0.508 e. The number of amides is 17. The molecule has 134 heavy (non-hydrogen) atoms. The van der Waals surface area contributed by atoms with Crippen molar-refractivity contribution in [1.82, 2.24) is 97.9 Å². The number of phenols is 1. The topological polar surface area (TPSA) is 626 Å². The van der Waals surface area contributed by atoms with Crippen LogP contribution in [0.5, 0.6) is 5.75 Å². The zero-order valence-corrected chi connectivity index (χ0v) is 77.5. The van der Waals surface area contributed by atoms with Gasteiger partial charge in [-0.1, -0.05) is 82.1 Å². The second kappa shape index (κ2) is 48.9. The summed E-state index contributed by atoms with van der Waals surface area (Å²) in [6, 6.07) is -0.364. The third kappa shape index (κ3) is 27.9. The predicted molar refractivity (Wildman–Crippen MR) is 495 cm³/mol. The lowest BCUT2D eigenvalue weighted by Crippen LogP contribution is -2.61. The Balaban J connectivity index is 1.00. The monoisotopic (exact) mass is 1890 g/mol. The second-order valence-corrected chi connectivity index (χ2v) is 36.5. The van der Waals surface area contributed by atoms with E-state index in [9.17, 15) is 53.4 Å². The van der Waals surface area contributed by atoms with Crippen LogP contribution in [0.15, 0.2) is 96.9 Å². The predicted octanol–water partition coefficient (Wildman–Crippen LogP) is -1.80. The number of nitrogens with two attached hydrogens (primary N) is 3. The highest BCUT2D eigenvalue weighted by Crippen LogP contribution is 2.31. The molecule has 0 radical (unpaired) electrons. The van der Waals surface area contributed by atoms with E-state index in [4.69, 9.17) is 22.6 Å². The number of para-hydroxylation sites is 1. The van der Waals surface area contributed by atoms with Crippen molar-refractivity contribution in [1.29, 1.82) is 5.41 Å². The number of benzene rings is 3. The number of imidazole rings is 1. The summed E-state index contributed by atoms with van der Waals surface area (Å²) in [6.45, 7) is 4.89. The quantitative estimate of drug-likeness (QED) is 0.0181. The van der Waals surface area contributed by atoms with Crippen LogP contribution in [-0.4, -0.2) is 306 Å². The Hall–Kier alpha value is -13.3. The average molecular weight is 1900 g/mol. The van der Waals surface area contributed by atoms with Crippen molar-refractivity contribution in [3.8, 4) is 5.75 Å². The molecule has 7 heterocycles. The van der Waals surface area contributed by atoms with Crippen LogP contribution in [0, 0.1) is 11.3 Å². The molecule has 1 unspecified atom stereocenters. The Morgan fingerprint density at radius 3 is 1.72 bits per heavy atom. The van der Waals surface area contributed by atoms with Crippen molar-refractivity contribution in [2.45, 2.75) is 228 Å². The number of unbranched alkanes of at least 4 members (excludes halogenated alkanes) is 1. The van der Waals surface area contributed by atoms with Gasteiger partial charge in [0, 0.05) is 99.0 Å². The van der Waals surface area contributed by atoms with Crippen LogP contribution in [-0.2, 0) is 107 Å². The summed E-state index contributed by atoms with van der Waals surface area (Å²) in [7, 11) is 2.62.